The first-order valence-electron chi connectivity index (χ1n) is 4.71. The number of hydrogen-bond acceptors (Lipinski definition) is 4. The van der Waals surface area contributed by atoms with E-state index in [0.717, 1.165) is 11.3 Å². The Morgan fingerprint density at radius 2 is 2.00 bits per heavy atom. The fraction of sp³-hybridized carbons (Fsp3) is 0. The molecule has 0 saturated heterocycles. The molecule has 16 heavy (non-hydrogen) atoms. The van der Waals surface area contributed by atoms with Crippen molar-refractivity contribution in [2.45, 2.75) is 0 Å². The van der Waals surface area contributed by atoms with Crippen LogP contribution in [0.15, 0.2) is 43.0 Å². The lowest BCUT2D eigenvalue weighted by molar-refractivity contribution is 0.871. The molecule has 0 fully saturated rings. The number of tetrazole rings is 1. The molecule has 2 aromatic heterocycles. The average molecular weight is 211 g/mol. The Labute approximate surface area is 91.0 Å². The highest BCUT2D eigenvalue weighted by molar-refractivity contribution is 5.56. The summed E-state index contributed by atoms with van der Waals surface area (Å²) in [5.74, 6) is 0.539. The predicted octanol–water partition coefficient (Wildman–Crippen LogP) is 0.681. The lowest BCUT2D eigenvalue weighted by atomic mass is 10.2. The second kappa shape index (κ2) is 3.58. The third-order valence-corrected chi connectivity index (χ3v) is 2.25. The smallest absolute Gasteiger partial charge is 0.0991 e. The number of benzene rings is 1. The Bertz CT molecular complexity index is 499. The van der Waals surface area contributed by atoms with Crippen molar-refractivity contribution in [1.82, 2.24) is 30.2 Å². The first-order valence-corrected chi connectivity index (χ1v) is 4.71. The molecule has 0 radical (unpaired) electrons. The largest absolute Gasteiger partial charge is 0.330 e. The van der Waals surface area contributed by atoms with Crippen LogP contribution in [0.3, 0.4) is 0 Å². The molecule has 0 aliphatic carbocycles. The molecule has 0 unspecified atom stereocenters. The van der Waals surface area contributed by atoms with Gasteiger partial charge in [-0.15, -0.1) is 0 Å². The van der Waals surface area contributed by atoms with E-state index < -0.39 is 0 Å². The fourth-order valence-electron chi connectivity index (χ4n) is 1.45. The van der Waals surface area contributed by atoms with Crippen molar-refractivity contribution in [3.8, 4) is 17.1 Å². The van der Waals surface area contributed by atoms with E-state index in [-0.39, 0.29) is 0 Å². The molecule has 3 aromatic rings. The summed E-state index contributed by atoms with van der Waals surface area (Å²) in [6.07, 6.45) is 5.37. The van der Waals surface area contributed by atoms with Crippen LogP contribution in [-0.2, 0) is 0 Å². The van der Waals surface area contributed by atoms with Gasteiger partial charge in [-0.25, -0.2) is 4.98 Å². The van der Waals surface area contributed by atoms with Gasteiger partial charge in [0.05, 0.1) is 6.33 Å². The van der Waals surface area contributed by atoms with E-state index in [4.69, 9.17) is 0 Å². The van der Waals surface area contributed by atoms with Crippen molar-refractivity contribution in [3.05, 3.63) is 43.0 Å². The van der Waals surface area contributed by atoms with Gasteiger partial charge in [0.15, 0.2) is 0 Å². The molecular weight excluding hydrogens is 204 g/mol. The number of imidazole rings is 1. The molecule has 6 nitrogen and oxygen atoms in total. The van der Waals surface area contributed by atoms with Crippen LogP contribution >= 0.6 is 0 Å². The number of rotatable bonds is 2. The van der Waals surface area contributed by atoms with Crippen LogP contribution in [0.4, 0.5) is 0 Å². The summed E-state index contributed by atoms with van der Waals surface area (Å²) in [6, 6.07) is 7.78. The van der Waals surface area contributed by atoms with Gasteiger partial charge in [-0.1, -0.05) is 12.1 Å². The molecule has 0 saturated carbocycles. The van der Waals surface area contributed by atoms with Crippen molar-refractivity contribution >= 4 is 0 Å². The second-order valence-corrected chi connectivity index (χ2v) is 3.22. The maximum Gasteiger partial charge on any atom is 0.0991 e. The third-order valence-electron chi connectivity index (χ3n) is 2.25. The summed E-state index contributed by atoms with van der Waals surface area (Å²) in [5, 5.41) is 14.5. The van der Waals surface area contributed by atoms with Crippen LogP contribution in [0.1, 0.15) is 0 Å². The third kappa shape index (κ3) is 1.46. The summed E-state index contributed by atoms with van der Waals surface area (Å²) in [4.78, 5) is 3.99. The zero-order valence-electron chi connectivity index (χ0n) is 8.22. The maximum absolute atomic E-state index is 3.99. The second-order valence-electron chi connectivity index (χ2n) is 3.22. The van der Waals surface area contributed by atoms with Crippen LogP contribution in [0.5, 0.6) is 0 Å². The standard InChI is InChI=1S/C10H7N6/c1-3-9(16-6-5-11-7-16)4-2-8(1)10-12-14-15-13-10/h1-7H/q-1. The minimum Gasteiger partial charge on any atom is -0.330 e. The van der Waals surface area contributed by atoms with Crippen molar-refractivity contribution < 1.29 is 0 Å². The lowest BCUT2D eigenvalue weighted by Crippen LogP contribution is -1.90. The van der Waals surface area contributed by atoms with E-state index in [2.05, 4.69) is 25.6 Å². The van der Waals surface area contributed by atoms with Crippen molar-refractivity contribution in [1.29, 1.82) is 0 Å². The predicted molar refractivity (Wildman–Crippen MR) is 55.7 cm³/mol. The minimum absolute atomic E-state index is 0.539. The highest BCUT2D eigenvalue weighted by Gasteiger charge is 1.97. The molecule has 0 aliphatic heterocycles. The van der Waals surface area contributed by atoms with Gasteiger partial charge in [0, 0.05) is 23.9 Å². The molecule has 6 heteroatoms. The zero-order chi connectivity index (χ0) is 10.8. The minimum atomic E-state index is 0.539. The zero-order valence-corrected chi connectivity index (χ0v) is 8.22. The Morgan fingerprint density at radius 3 is 2.62 bits per heavy atom. The van der Waals surface area contributed by atoms with Gasteiger partial charge in [0.2, 0.25) is 0 Å². The highest BCUT2D eigenvalue weighted by atomic mass is 15.5. The summed E-state index contributed by atoms with van der Waals surface area (Å²) in [5.41, 5.74) is 1.93. The van der Waals surface area contributed by atoms with Gasteiger partial charge in [-0.05, 0) is 17.7 Å². The Kier molecular flexibility index (Phi) is 1.96. The van der Waals surface area contributed by atoms with Crippen LogP contribution in [-0.4, -0.2) is 25.1 Å². The Balaban J connectivity index is 1.97. The molecule has 1 aromatic carbocycles. The van der Waals surface area contributed by atoms with Crippen molar-refractivity contribution in [3.63, 3.8) is 0 Å². The Morgan fingerprint density at radius 1 is 1.12 bits per heavy atom. The molecule has 0 spiro atoms. The van der Waals surface area contributed by atoms with Crippen LogP contribution in [0.2, 0.25) is 0 Å². The fourth-order valence-corrected chi connectivity index (χ4v) is 1.45. The Hall–Kier alpha value is -2.50. The molecule has 0 N–H and O–H groups in total. The monoisotopic (exact) mass is 211 g/mol. The van der Waals surface area contributed by atoms with Gasteiger partial charge in [0.1, 0.15) is 0 Å². The lowest BCUT2D eigenvalue weighted by Gasteiger charge is -2.04. The van der Waals surface area contributed by atoms with Crippen molar-refractivity contribution in [2.75, 3.05) is 0 Å². The highest BCUT2D eigenvalue weighted by Crippen LogP contribution is 2.15. The normalized spacial score (nSPS) is 10.5. The van der Waals surface area contributed by atoms with Crippen LogP contribution in [0, 0.1) is 0 Å². The molecule has 0 atom stereocenters. The summed E-state index contributed by atoms with van der Waals surface area (Å²) in [6.45, 7) is 0. The maximum atomic E-state index is 3.99. The van der Waals surface area contributed by atoms with E-state index in [1.54, 1.807) is 12.5 Å². The molecular formula is C10H7N6-. The van der Waals surface area contributed by atoms with Crippen molar-refractivity contribution in [2.24, 2.45) is 0 Å². The van der Waals surface area contributed by atoms with Gasteiger partial charge < -0.3 is 9.67 Å². The van der Waals surface area contributed by atoms with E-state index in [1.807, 2.05) is 35.0 Å². The average Bonchev–Trinajstić information content (AvgIpc) is 3.03. The summed E-state index contributed by atoms with van der Waals surface area (Å²) < 4.78 is 1.92. The molecule has 0 bridgehead atoms. The van der Waals surface area contributed by atoms with Gasteiger partial charge in [0.25, 0.3) is 0 Å². The van der Waals surface area contributed by atoms with E-state index in [1.165, 1.54) is 0 Å². The first kappa shape index (κ1) is 8.78. The number of aromatic nitrogens is 6. The molecule has 0 amide bonds. The van der Waals surface area contributed by atoms with Gasteiger partial charge >= 0.3 is 0 Å². The quantitative estimate of drug-likeness (QED) is 0.623. The molecule has 3 rings (SSSR count). The first-order chi connectivity index (χ1) is 7.93. The molecule has 2 heterocycles. The van der Waals surface area contributed by atoms with Gasteiger partial charge in [-0.2, -0.15) is 5.21 Å². The SMILES string of the molecule is c1cn(-c2ccc(-c3nnn[n-]3)cc2)cn1. The molecule has 78 valence electrons. The van der Waals surface area contributed by atoms with Crippen LogP contribution in [0.25, 0.3) is 17.1 Å². The van der Waals surface area contributed by atoms with Gasteiger partial charge in [-0.3, -0.25) is 10.3 Å². The molecule has 0 aliphatic rings. The van der Waals surface area contributed by atoms with Crippen LogP contribution < -0.4 is 5.10 Å². The van der Waals surface area contributed by atoms with E-state index in [0.29, 0.717) is 5.82 Å². The number of nitrogens with zero attached hydrogens (tertiary/aromatic N) is 6. The number of hydrogen-bond donors (Lipinski definition) is 0. The summed E-state index contributed by atoms with van der Waals surface area (Å²) in [7, 11) is 0. The van der Waals surface area contributed by atoms with E-state index >= 15 is 0 Å². The van der Waals surface area contributed by atoms with E-state index in [9.17, 15) is 0 Å². The summed E-state index contributed by atoms with van der Waals surface area (Å²) >= 11 is 0. The topological polar surface area (TPSA) is 70.6 Å².